The van der Waals surface area contributed by atoms with Crippen molar-refractivity contribution in [1.29, 1.82) is 0 Å². The van der Waals surface area contributed by atoms with Gasteiger partial charge in [0.2, 0.25) is 0 Å². The molecule has 0 spiro atoms. The molecule has 0 aliphatic carbocycles. The highest BCUT2D eigenvalue weighted by Crippen LogP contribution is 2.12. The van der Waals surface area contributed by atoms with Crippen LogP contribution in [0, 0.1) is 0 Å². The van der Waals surface area contributed by atoms with Crippen LogP contribution in [-0.4, -0.2) is 19.4 Å². The standard InChI is InChI=1S/C12H14O3/c1-15-12(14)11-8-3-2-6-10(11)7-4-5-9-13/h2-3,6,8-9H,4-5,7H2,1H3. The van der Waals surface area contributed by atoms with Crippen molar-refractivity contribution in [1.82, 2.24) is 0 Å². The summed E-state index contributed by atoms with van der Waals surface area (Å²) in [5.41, 5.74) is 1.53. The molecule has 0 aromatic heterocycles. The molecule has 0 fully saturated rings. The molecule has 15 heavy (non-hydrogen) atoms. The third-order valence-electron chi connectivity index (χ3n) is 2.19. The first-order chi connectivity index (χ1) is 7.29. The highest BCUT2D eigenvalue weighted by atomic mass is 16.5. The van der Waals surface area contributed by atoms with E-state index in [1.54, 1.807) is 12.1 Å². The van der Waals surface area contributed by atoms with Crippen molar-refractivity contribution in [3.63, 3.8) is 0 Å². The quantitative estimate of drug-likeness (QED) is 0.420. The lowest BCUT2D eigenvalue weighted by atomic mass is 10.0. The van der Waals surface area contributed by atoms with Crippen molar-refractivity contribution in [2.75, 3.05) is 7.11 Å². The van der Waals surface area contributed by atoms with Gasteiger partial charge >= 0.3 is 5.97 Å². The Balaban J connectivity index is 2.76. The normalized spacial score (nSPS) is 9.67. The summed E-state index contributed by atoms with van der Waals surface area (Å²) in [4.78, 5) is 21.6. The number of esters is 1. The van der Waals surface area contributed by atoms with Crippen LogP contribution in [0.3, 0.4) is 0 Å². The van der Waals surface area contributed by atoms with Gasteiger partial charge in [-0.15, -0.1) is 0 Å². The van der Waals surface area contributed by atoms with Gasteiger partial charge in [-0.2, -0.15) is 0 Å². The molecule has 0 unspecified atom stereocenters. The van der Waals surface area contributed by atoms with Crippen molar-refractivity contribution in [3.05, 3.63) is 35.4 Å². The molecule has 1 aromatic rings. The second-order valence-corrected chi connectivity index (χ2v) is 3.21. The Morgan fingerprint density at radius 3 is 2.80 bits per heavy atom. The molecule has 0 radical (unpaired) electrons. The monoisotopic (exact) mass is 206 g/mol. The molecule has 1 aromatic carbocycles. The van der Waals surface area contributed by atoms with E-state index in [0.29, 0.717) is 12.0 Å². The van der Waals surface area contributed by atoms with Gasteiger partial charge in [0.1, 0.15) is 6.29 Å². The molecule has 3 heteroatoms. The van der Waals surface area contributed by atoms with Crippen LogP contribution in [0.5, 0.6) is 0 Å². The predicted molar refractivity (Wildman–Crippen MR) is 56.8 cm³/mol. The number of hydrogen-bond donors (Lipinski definition) is 0. The molecule has 0 N–H and O–H groups in total. The van der Waals surface area contributed by atoms with Gasteiger partial charge in [-0.25, -0.2) is 4.79 Å². The lowest BCUT2D eigenvalue weighted by molar-refractivity contribution is -0.107. The minimum Gasteiger partial charge on any atom is -0.465 e. The maximum absolute atomic E-state index is 11.4. The number of carbonyl (C=O) groups excluding carboxylic acids is 2. The van der Waals surface area contributed by atoms with Gasteiger partial charge in [0, 0.05) is 6.42 Å². The van der Waals surface area contributed by atoms with Crippen molar-refractivity contribution in [3.8, 4) is 0 Å². The molecule has 0 heterocycles. The largest absolute Gasteiger partial charge is 0.465 e. The van der Waals surface area contributed by atoms with Gasteiger partial charge in [0.05, 0.1) is 12.7 Å². The predicted octanol–water partition coefficient (Wildman–Crippen LogP) is 1.99. The second kappa shape index (κ2) is 5.96. The maximum Gasteiger partial charge on any atom is 0.338 e. The first-order valence-electron chi connectivity index (χ1n) is 4.89. The molecule has 0 saturated heterocycles. The summed E-state index contributed by atoms with van der Waals surface area (Å²) in [6.07, 6.45) is 2.90. The molecular weight excluding hydrogens is 192 g/mol. The summed E-state index contributed by atoms with van der Waals surface area (Å²) in [5.74, 6) is -0.322. The second-order valence-electron chi connectivity index (χ2n) is 3.21. The van der Waals surface area contributed by atoms with E-state index in [0.717, 1.165) is 24.7 Å². The molecule has 0 saturated carbocycles. The Kier molecular flexibility index (Phi) is 4.54. The Morgan fingerprint density at radius 2 is 2.13 bits per heavy atom. The van der Waals surface area contributed by atoms with Crippen LogP contribution in [0.1, 0.15) is 28.8 Å². The first kappa shape index (κ1) is 11.4. The molecular formula is C12H14O3. The van der Waals surface area contributed by atoms with Gasteiger partial charge < -0.3 is 9.53 Å². The van der Waals surface area contributed by atoms with Crippen molar-refractivity contribution in [2.24, 2.45) is 0 Å². The van der Waals surface area contributed by atoms with Crippen LogP contribution in [0.15, 0.2) is 24.3 Å². The van der Waals surface area contributed by atoms with E-state index in [4.69, 9.17) is 0 Å². The third kappa shape index (κ3) is 3.20. The summed E-state index contributed by atoms with van der Waals surface area (Å²) in [6.45, 7) is 0. The van der Waals surface area contributed by atoms with E-state index >= 15 is 0 Å². The lowest BCUT2D eigenvalue weighted by Gasteiger charge is -2.06. The molecule has 0 bridgehead atoms. The Bertz CT molecular complexity index is 344. The number of carbonyl (C=O) groups is 2. The topological polar surface area (TPSA) is 43.4 Å². The molecule has 0 atom stereocenters. The Hall–Kier alpha value is -1.64. The van der Waals surface area contributed by atoms with Crippen LogP contribution in [0.4, 0.5) is 0 Å². The highest BCUT2D eigenvalue weighted by Gasteiger charge is 2.09. The fraction of sp³-hybridized carbons (Fsp3) is 0.333. The molecule has 0 aliphatic heterocycles. The van der Waals surface area contributed by atoms with E-state index < -0.39 is 0 Å². The Morgan fingerprint density at radius 1 is 1.40 bits per heavy atom. The summed E-state index contributed by atoms with van der Waals surface area (Å²) in [5, 5.41) is 0. The van der Waals surface area contributed by atoms with Crippen molar-refractivity contribution >= 4 is 12.3 Å². The molecule has 80 valence electrons. The zero-order chi connectivity index (χ0) is 11.1. The number of aryl methyl sites for hydroxylation is 1. The molecule has 1 rings (SSSR count). The van der Waals surface area contributed by atoms with E-state index in [1.165, 1.54) is 7.11 Å². The highest BCUT2D eigenvalue weighted by molar-refractivity contribution is 5.90. The summed E-state index contributed by atoms with van der Waals surface area (Å²) in [6, 6.07) is 7.30. The number of unbranched alkanes of at least 4 members (excludes halogenated alkanes) is 1. The molecule has 3 nitrogen and oxygen atoms in total. The van der Waals surface area contributed by atoms with E-state index in [9.17, 15) is 9.59 Å². The van der Waals surface area contributed by atoms with Crippen molar-refractivity contribution < 1.29 is 14.3 Å². The SMILES string of the molecule is COC(=O)c1ccccc1CCCC=O. The van der Waals surface area contributed by atoms with Crippen molar-refractivity contribution in [2.45, 2.75) is 19.3 Å². The van der Waals surface area contributed by atoms with Gasteiger partial charge in [-0.05, 0) is 24.5 Å². The zero-order valence-corrected chi connectivity index (χ0v) is 8.73. The zero-order valence-electron chi connectivity index (χ0n) is 8.73. The van der Waals surface area contributed by atoms with E-state index in [-0.39, 0.29) is 5.97 Å². The van der Waals surface area contributed by atoms with E-state index in [2.05, 4.69) is 4.74 Å². The lowest BCUT2D eigenvalue weighted by Crippen LogP contribution is -2.05. The number of methoxy groups -OCH3 is 1. The van der Waals surface area contributed by atoms with Crippen LogP contribution in [-0.2, 0) is 16.0 Å². The summed E-state index contributed by atoms with van der Waals surface area (Å²) >= 11 is 0. The van der Waals surface area contributed by atoms with Gasteiger partial charge in [-0.3, -0.25) is 0 Å². The minimum atomic E-state index is -0.322. The number of hydrogen-bond acceptors (Lipinski definition) is 3. The Labute approximate surface area is 89.1 Å². The number of benzene rings is 1. The minimum absolute atomic E-state index is 0.322. The number of rotatable bonds is 5. The molecule has 0 amide bonds. The number of aldehydes is 1. The van der Waals surface area contributed by atoms with Crippen LogP contribution >= 0.6 is 0 Å². The molecule has 0 aliphatic rings. The summed E-state index contributed by atoms with van der Waals surface area (Å²) < 4.78 is 4.67. The van der Waals surface area contributed by atoms with E-state index in [1.807, 2.05) is 12.1 Å². The average molecular weight is 206 g/mol. The van der Waals surface area contributed by atoms with Gasteiger partial charge in [-0.1, -0.05) is 18.2 Å². The number of ether oxygens (including phenoxy) is 1. The maximum atomic E-state index is 11.4. The summed E-state index contributed by atoms with van der Waals surface area (Å²) in [7, 11) is 1.37. The average Bonchev–Trinajstić information content (AvgIpc) is 2.29. The van der Waals surface area contributed by atoms with Crippen LogP contribution in [0.25, 0.3) is 0 Å². The van der Waals surface area contributed by atoms with Gasteiger partial charge in [0.15, 0.2) is 0 Å². The van der Waals surface area contributed by atoms with Gasteiger partial charge in [0.25, 0.3) is 0 Å². The third-order valence-corrected chi connectivity index (χ3v) is 2.19. The fourth-order valence-corrected chi connectivity index (χ4v) is 1.42. The van der Waals surface area contributed by atoms with Crippen LogP contribution in [0.2, 0.25) is 0 Å². The first-order valence-corrected chi connectivity index (χ1v) is 4.89. The fourth-order valence-electron chi connectivity index (χ4n) is 1.42. The smallest absolute Gasteiger partial charge is 0.338 e. The van der Waals surface area contributed by atoms with Crippen LogP contribution < -0.4 is 0 Å².